The largest absolute Gasteiger partial charge is 0.248 e. The monoisotopic (exact) mass is 403 g/mol. The number of benzene rings is 3. The molecule has 0 spiro atoms. The summed E-state index contributed by atoms with van der Waals surface area (Å²) in [6, 6.07) is 21.5. The second-order valence-electron chi connectivity index (χ2n) is 5.68. The molecule has 0 unspecified atom stereocenters. The lowest BCUT2D eigenvalue weighted by molar-refractivity contribution is 0.631. The molecule has 0 N–H and O–H groups in total. The molecular formula is C21H13Cl3FN. The van der Waals surface area contributed by atoms with Gasteiger partial charge in [0.05, 0.1) is 11.2 Å². The Hall–Kier alpha value is -2.13. The molecule has 4 rings (SSSR count). The van der Waals surface area contributed by atoms with E-state index in [-0.39, 0.29) is 18.2 Å². The summed E-state index contributed by atoms with van der Waals surface area (Å²) in [4.78, 5) is 4.62. The smallest absolute Gasteiger partial charge is 0.132 e. The normalized spacial score (nSPS) is 10.6. The summed E-state index contributed by atoms with van der Waals surface area (Å²) in [6.45, 7) is 0. The van der Waals surface area contributed by atoms with Crippen molar-refractivity contribution in [2.24, 2.45) is 0 Å². The highest BCUT2D eigenvalue weighted by Gasteiger charge is 2.14. The zero-order valence-corrected chi connectivity index (χ0v) is 15.7. The van der Waals surface area contributed by atoms with Gasteiger partial charge in [0, 0.05) is 26.6 Å². The van der Waals surface area contributed by atoms with E-state index in [0.717, 1.165) is 22.0 Å². The van der Waals surface area contributed by atoms with Gasteiger partial charge in [-0.25, -0.2) is 9.37 Å². The summed E-state index contributed by atoms with van der Waals surface area (Å²) in [6.07, 6.45) is 0. The maximum atomic E-state index is 14.3. The fourth-order valence-corrected chi connectivity index (χ4v) is 3.32. The van der Waals surface area contributed by atoms with Crippen LogP contribution >= 0.6 is 35.6 Å². The van der Waals surface area contributed by atoms with Gasteiger partial charge >= 0.3 is 0 Å². The van der Waals surface area contributed by atoms with Gasteiger partial charge in [-0.2, -0.15) is 0 Å². The summed E-state index contributed by atoms with van der Waals surface area (Å²) >= 11 is 12.6. The van der Waals surface area contributed by atoms with Crippen LogP contribution in [0.4, 0.5) is 4.39 Å². The molecule has 0 saturated carbocycles. The molecule has 0 bridgehead atoms. The van der Waals surface area contributed by atoms with Crippen LogP contribution < -0.4 is 0 Å². The molecule has 1 heterocycles. The standard InChI is InChI=1S/C21H12Cl2FN.ClH/c22-13-9-10-20-17(11-13)16(14-5-1-3-7-18(14)23)12-21(25-20)15-6-2-4-8-19(15)24;/h1-12H;1H. The Morgan fingerprint density at radius 3 is 2.15 bits per heavy atom. The van der Waals surface area contributed by atoms with E-state index in [1.54, 1.807) is 24.3 Å². The van der Waals surface area contributed by atoms with Gasteiger partial charge in [0.2, 0.25) is 0 Å². The van der Waals surface area contributed by atoms with Gasteiger partial charge in [-0.3, -0.25) is 0 Å². The van der Waals surface area contributed by atoms with Crippen LogP contribution in [0, 0.1) is 5.82 Å². The van der Waals surface area contributed by atoms with Crippen molar-refractivity contribution in [3.63, 3.8) is 0 Å². The SMILES string of the molecule is Cl.Fc1ccccc1-c1cc(-c2ccccc2Cl)c2cc(Cl)ccc2n1. The molecule has 0 fully saturated rings. The molecular weight excluding hydrogens is 392 g/mol. The van der Waals surface area contributed by atoms with Gasteiger partial charge in [-0.15, -0.1) is 12.4 Å². The van der Waals surface area contributed by atoms with E-state index in [1.165, 1.54) is 6.07 Å². The van der Waals surface area contributed by atoms with Crippen molar-refractivity contribution in [2.45, 2.75) is 0 Å². The zero-order chi connectivity index (χ0) is 17.4. The minimum Gasteiger partial charge on any atom is -0.248 e. The molecule has 0 aliphatic carbocycles. The second kappa shape index (κ2) is 7.63. The average molecular weight is 405 g/mol. The summed E-state index contributed by atoms with van der Waals surface area (Å²) in [5.41, 5.74) is 3.48. The molecule has 0 saturated heterocycles. The van der Waals surface area contributed by atoms with Gasteiger partial charge in [0.1, 0.15) is 5.82 Å². The van der Waals surface area contributed by atoms with Crippen LogP contribution in [-0.4, -0.2) is 4.98 Å². The molecule has 26 heavy (non-hydrogen) atoms. The summed E-state index contributed by atoms with van der Waals surface area (Å²) in [7, 11) is 0. The first-order chi connectivity index (χ1) is 12.1. The quantitative estimate of drug-likeness (QED) is 0.338. The number of hydrogen-bond acceptors (Lipinski definition) is 1. The predicted octanol–water partition coefficient (Wildman–Crippen LogP) is 7.44. The van der Waals surface area contributed by atoms with E-state index in [4.69, 9.17) is 23.2 Å². The first-order valence-electron chi connectivity index (χ1n) is 7.73. The molecule has 1 nitrogen and oxygen atoms in total. The first kappa shape index (κ1) is 18.7. The average Bonchev–Trinajstić information content (AvgIpc) is 2.62. The van der Waals surface area contributed by atoms with Crippen LogP contribution in [0.3, 0.4) is 0 Å². The van der Waals surface area contributed by atoms with Gasteiger partial charge in [-0.1, -0.05) is 53.5 Å². The molecule has 5 heteroatoms. The van der Waals surface area contributed by atoms with Crippen LogP contribution in [0.5, 0.6) is 0 Å². The van der Waals surface area contributed by atoms with Crippen LogP contribution in [0.15, 0.2) is 72.8 Å². The fraction of sp³-hybridized carbons (Fsp3) is 0. The third-order valence-corrected chi connectivity index (χ3v) is 4.65. The Kier molecular flexibility index (Phi) is 5.47. The summed E-state index contributed by atoms with van der Waals surface area (Å²) in [5.74, 6) is -0.312. The van der Waals surface area contributed by atoms with Crippen LogP contribution in [-0.2, 0) is 0 Å². The Morgan fingerprint density at radius 2 is 1.42 bits per heavy atom. The Labute approximate surface area is 166 Å². The number of hydrogen-bond donors (Lipinski definition) is 0. The van der Waals surface area contributed by atoms with Crippen molar-refractivity contribution in [3.8, 4) is 22.4 Å². The Morgan fingerprint density at radius 1 is 0.731 bits per heavy atom. The Bertz CT molecular complexity index is 1100. The van der Waals surface area contributed by atoms with Crippen molar-refractivity contribution >= 4 is 46.5 Å². The highest BCUT2D eigenvalue weighted by Crippen LogP contribution is 2.37. The van der Waals surface area contributed by atoms with Crippen LogP contribution in [0.25, 0.3) is 33.3 Å². The lowest BCUT2D eigenvalue weighted by Gasteiger charge is -2.12. The van der Waals surface area contributed by atoms with Crippen molar-refractivity contribution in [2.75, 3.05) is 0 Å². The van der Waals surface area contributed by atoms with Crippen molar-refractivity contribution in [1.82, 2.24) is 4.98 Å². The topological polar surface area (TPSA) is 12.9 Å². The van der Waals surface area contributed by atoms with E-state index >= 15 is 0 Å². The summed E-state index contributed by atoms with van der Waals surface area (Å²) in [5, 5.41) is 2.11. The molecule has 0 radical (unpaired) electrons. The molecule has 3 aromatic carbocycles. The van der Waals surface area contributed by atoms with E-state index in [9.17, 15) is 4.39 Å². The highest BCUT2D eigenvalue weighted by molar-refractivity contribution is 6.34. The summed E-state index contributed by atoms with van der Waals surface area (Å²) < 4.78 is 14.3. The van der Waals surface area contributed by atoms with Crippen molar-refractivity contribution < 1.29 is 4.39 Å². The van der Waals surface area contributed by atoms with Gasteiger partial charge in [0.15, 0.2) is 0 Å². The van der Waals surface area contributed by atoms with Gasteiger partial charge in [0.25, 0.3) is 0 Å². The number of aromatic nitrogens is 1. The minimum absolute atomic E-state index is 0. The molecule has 0 aliphatic rings. The number of nitrogens with zero attached hydrogens (tertiary/aromatic N) is 1. The van der Waals surface area contributed by atoms with E-state index in [0.29, 0.717) is 21.3 Å². The van der Waals surface area contributed by atoms with Crippen molar-refractivity contribution in [3.05, 3.63) is 88.7 Å². The molecule has 0 aliphatic heterocycles. The molecule has 0 amide bonds. The van der Waals surface area contributed by atoms with Crippen LogP contribution in [0.1, 0.15) is 0 Å². The number of rotatable bonds is 2. The fourth-order valence-electron chi connectivity index (χ4n) is 2.91. The molecule has 4 aromatic rings. The number of fused-ring (bicyclic) bond motifs is 1. The van der Waals surface area contributed by atoms with E-state index in [1.807, 2.05) is 42.5 Å². The first-order valence-corrected chi connectivity index (χ1v) is 8.49. The number of pyridine rings is 1. The molecule has 0 atom stereocenters. The van der Waals surface area contributed by atoms with Crippen molar-refractivity contribution in [1.29, 1.82) is 0 Å². The molecule has 130 valence electrons. The number of halogens is 4. The Balaban J connectivity index is 0.00000196. The van der Waals surface area contributed by atoms with Gasteiger partial charge < -0.3 is 0 Å². The predicted molar refractivity (Wildman–Crippen MR) is 110 cm³/mol. The highest BCUT2D eigenvalue weighted by atomic mass is 35.5. The lowest BCUT2D eigenvalue weighted by Crippen LogP contribution is -1.92. The van der Waals surface area contributed by atoms with Gasteiger partial charge in [-0.05, 0) is 48.0 Å². The van der Waals surface area contributed by atoms with E-state index in [2.05, 4.69) is 4.98 Å². The second-order valence-corrected chi connectivity index (χ2v) is 6.52. The zero-order valence-electron chi connectivity index (χ0n) is 13.4. The van der Waals surface area contributed by atoms with Crippen LogP contribution in [0.2, 0.25) is 10.0 Å². The molecule has 1 aromatic heterocycles. The third-order valence-electron chi connectivity index (χ3n) is 4.08. The maximum absolute atomic E-state index is 14.3. The maximum Gasteiger partial charge on any atom is 0.132 e. The van der Waals surface area contributed by atoms with E-state index < -0.39 is 0 Å². The third kappa shape index (κ3) is 3.41. The lowest BCUT2D eigenvalue weighted by atomic mass is 9.98. The minimum atomic E-state index is -0.312.